The van der Waals surface area contributed by atoms with E-state index in [0.29, 0.717) is 0 Å². The van der Waals surface area contributed by atoms with Crippen molar-refractivity contribution in [2.24, 2.45) is 0 Å². The lowest BCUT2D eigenvalue weighted by atomic mass is 10.0. The van der Waals surface area contributed by atoms with E-state index in [1.807, 2.05) is 19.9 Å². The molecule has 1 aromatic heterocycles. The van der Waals surface area contributed by atoms with Gasteiger partial charge in [0.1, 0.15) is 5.75 Å². The highest BCUT2D eigenvalue weighted by atomic mass is 16.5. The van der Waals surface area contributed by atoms with Crippen molar-refractivity contribution >= 4 is 10.8 Å². The molecule has 15 heavy (non-hydrogen) atoms. The third-order valence-corrected chi connectivity index (χ3v) is 2.77. The number of aromatic nitrogens is 1. The van der Waals surface area contributed by atoms with Crippen LogP contribution in [0.3, 0.4) is 0 Å². The van der Waals surface area contributed by atoms with Crippen molar-refractivity contribution in [3.63, 3.8) is 0 Å². The number of methoxy groups -OCH3 is 1. The lowest BCUT2D eigenvalue weighted by molar-refractivity contribution is 0.412. The van der Waals surface area contributed by atoms with Gasteiger partial charge in [0.15, 0.2) is 0 Å². The minimum Gasteiger partial charge on any atom is -0.496 e. The predicted molar refractivity (Wildman–Crippen MR) is 62.5 cm³/mol. The molecule has 0 radical (unpaired) electrons. The van der Waals surface area contributed by atoms with Crippen LogP contribution in [0.25, 0.3) is 10.8 Å². The van der Waals surface area contributed by atoms with Crippen LogP contribution in [0.5, 0.6) is 5.75 Å². The van der Waals surface area contributed by atoms with Crippen LogP contribution in [-0.4, -0.2) is 12.1 Å². The summed E-state index contributed by atoms with van der Waals surface area (Å²) in [5.74, 6) is 0.938. The molecule has 0 aliphatic heterocycles. The number of nitrogens with zero attached hydrogens (tertiary/aromatic N) is 1. The minimum absolute atomic E-state index is 0.938. The van der Waals surface area contributed by atoms with E-state index >= 15 is 0 Å². The van der Waals surface area contributed by atoms with Gasteiger partial charge in [-0.2, -0.15) is 0 Å². The summed E-state index contributed by atoms with van der Waals surface area (Å²) in [6.07, 6.45) is 0. The van der Waals surface area contributed by atoms with Gasteiger partial charge in [0, 0.05) is 16.8 Å². The average Bonchev–Trinajstić information content (AvgIpc) is 2.19. The van der Waals surface area contributed by atoms with Crippen LogP contribution in [0, 0.1) is 20.8 Å². The van der Waals surface area contributed by atoms with E-state index in [9.17, 15) is 0 Å². The normalized spacial score (nSPS) is 10.7. The molecule has 0 unspecified atom stereocenters. The Bertz CT molecular complexity index is 517. The Labute approximate surface area is 89.9 Å². The first-order valence-electron chi connectivity index (χ1n) is 5.05. The van der Waals surface area contributed by atoms with Crippen molar-refractivity contribution in [3.05, 3.63) is 35.2 Å². The Balaban J connectivity index is 2.86. The fourth-order valence-corrected chi connectivity index (χ4v) is 2.00. The smallest absolute Gasteiger partial charge is 0.122 e. The first-order chi connectivity index (χ1) is 7.13. The number of ether oxygens (including phenoxy) is 1. The maximum absolute atomic E-state index is 5.31. The molecule has 2 aromatic rings. The Morgan fingerprint density at radius 1 is 1.07 bits per heavy atom. The highest BCUT2D eigenvalue weighted by molar-refractivity contribution is 5.89. The molecular formula is C13H15NO. The second kappa shape index (κ2) is 3.54. The van der Waals surface area contributed by atoms with Crippen molar-refractivity contribution in [1.82, 2.24) is 4.98 Å². The molecule has 2 rings (SSSR count). The zero-order valence-electron chi connectivity index (χ0n) is 9.59. The van der Waals surface area contributed by atoms with Crippen LogP contribution in [0.2, 0.25) is 0 Å². The summed E-state index contributed by atoms with van der Waals surface area (Å²) in [4.78, 5) is 4.46. The molecule has 2 heteroatoms. The highest BCUT2D eigenvalue weighted by Crippen LogP contribution is 2.28. The number of hydrogen-bond acceptors (Lipinski definition) is 2. The van der Waals surface area contributed by atoms with Gasteiger partial charge in [-0.15, -0.1) is 0 Å². The number of pyridine rings is 1. The van der Waals surface area contributed by atoms with Crippen molar-refractivity contribution in [2.75, 3.05) is 7.11 Å². The Morgan fingerprint density at radius 3 is 2.47 bits per heavy atom. The number of benzene rings is 1. The zero-order valence-corrected chi connectivity index (χ0v) is 9.59. The molecule has 0 atom stereocenters. The van der Waals surface area contributed by atoms with E-state index in [2.05, 4.69) is 24.0 Å². The summed E-state index contributed by atoms with van der Waals surface area (Å²) in [7, 11) is 1.70. The molecule has 2 nitrogen and oxygen atoms in total. The lowest BCUT2D eigenvalue weighted by Crippen LogP contribution is -1.93. The predicted octanol–water partition coefficient (Wildman–Crippen LogP) is 3.17. The third kappa shape index (κ3) is 1.56. The molecule has 0 spiro atoms. The number of rotatable bonds is 1. The minimum atomic E-state index is 0.938. The van der Waals surface area contributed by atoms with E-state index in [4.69, 9.17) is 4.74 Å². The maximum Gasteiger partial charge on any atom is 0.122 e. The van der Waals surface area contributed by atoms with Crippen LogP contribution >= 0.6 is 0 Å². The van der Waals surface area contributed by atoms with Crippen molar-refractivity contribution in [2.45, 2.75) is 20.8 Å². The van der Waals surface area contributed by atoms with Gasteiger partial charge in [-0.1, -0.05) is 0 Å². The summed E-state index contributed by atoms with van der Waals surface area (Å²) in [5, 5.41) is 2.44. The summed E-state index contributed by atoms with van der Waals surface area (Å²) in [6, 6.07) is 6.19. The van der Waals surface area contributed by atoms with Gasteiger partial charge in [0.2, 0.25) is 0 Å². The Morgan fingerprint density at radius 2 is 1.80 bits per heavy atom. The highest BCUT2D eigenvalue weighted by Gasteiger charge is 2.06. The lowest BCUT2D eigenvalue weighted by Gasteiger charge is -2.10. The van der Waals surface area contributed by atoms with Crippen LogP contribution in [0.15, 0.2) is 18.2 Å². The molecule has 0 saturated carbocycles. The van der Waals surface area contributed by atoms with Gasteiger partial charge in [0.25, 0.3) is 0 Å². The molecule has 1 aromatic carbocycles. The van der Waals surface area contributed by atoms with Crippen molar-refractivity contribution in [3.8, 4) is 5.75 Å². The van der Waals surface area contributed by atoms with Gasteiger partial charge >= 0.3 is 0 Å². The molecule has 0 bridgehead atoms. The van der Waals surface area contributed by atoms with E-state index in [-0.39, 0.29) is 0 Å². The van der Waals surface area contributed by atoms with Crippen LogP contribution in [0.1, 0.15) is 17.0 Å². The van der Waals surface area contributed by atoms with Gasteiger partial charge in [-0.3, -0.25) is 4.98 Å². The summed E-state index contributed by atoms with van der Waals surface area (Å²) >= 11 is 0. The molecule has 0 fully saturated rings. The van der Waals surface area contributed by atoms with Gasteiger partial charge in [-0.05, 0) is 49.9 Å². The van der Waals surface area contributed by atoms with Gasteiger partial charge in [0.05, 0.1) is 7.11 Å². The molecular weight excluding hydrogens is 186 g/mol. The second-order valence-corrected chi connectivity index (χ2v) is 3.84. The molecule has 0 N–H and O–H groups in total. The monoisotopic (exact) mass is 201 g/mol. The standard InChI is InChI=1S/C13H15NO/c1-8-7-12-9(2)13(15-4)6-5-11(12)10(3)14-8/h5-7H,1-4H3. The van der Waals surface area contributed by atoms with Gasteiger partial charge in [-0.25, -0.2) is 0 Å². The fourth-order valence-electron chi connectivity index (χ4n) is 2.00. The van der Waals surface area contributed by atoms with Crippen LogP contribution < -0.4 is 4.74 Å². The van der Waals surface area contributed by atoms with E-state index in [1.165, 1.54) is 16.3 Å². The number of aryl methyl sites for hydroxylation is 3. The summed E-state index contributed by atoms with van der Waals surface area (Å²) in [5.41, 5.74) is 3.32. The first kappa shape index (κ1) is 9.97. The van der Waals surface area contributed by atoms with E-state index in [1.54, 1.807) is 7.11 Å². The zero-order chi connectivity index (χ0) is 11.0. The maximum atomic E-state index is 5.31. The second-order valence-electron chi connectivity index (χ2n) is 3.84. The number of hydrogen-bond donors (Lipinski definition) is 0. The molecule has 0 aliphatic rings. The molecule has 78 valence electrons. The Kier molecular flexibility index (Phi) is 2.35. The van der Waals surface area contributed by atoms with E-state index < -0.39 is 0 Å². The largest absolute Gasteiger partial charge is 0.496 e. The molecule has 0 saturated heterocycles. The topological polar surface area (TPSA) is 22.1 Å². The van der Waals surface area contributed by atoms with Crippen LogP contribution in [0.4, 0.5) is 0 Å². The van der Waals surface area contributed by atoms with Crippen molar-refractivity contribution in [1.29, 1.82) is 0 Å². The first-order valence-corrected chi connectivity index (χ1v) is 5.05. The number of fused-ring (bicyclic) bond motifs is 1. The fraction of sp³-hybridized carbons (Fsp3) is 0.308. The third-order valence-electron chi connectivity index (χ3n) is 2.77. The average molecular weight is 201 g/mol. The summed E-state index contributed by atoms with van der Waals surface area (Å²) in [6.45, 7) is 6.15. The van der Waals surface area contributed by atoms with Gasteiger partial charge < -0.3 is 4.74 Å². The Hall–Kier alpha value is -1.57. The quantitative estimate of drug-likeness (QED) is 0.707. The molecule has 0 amide bonds. The SMILES string of the molecule is COc1ccc2c(C)nc(C)cc2c1C. The summed E-state index contributed by atoms with van der Waals surface area (Å²) < 4.78 is 5.31. The van der Waals surface area contributed by atoms with Crippen LogP contribution in [-0.2, 0) is 0 Å². The molecule has 1 heterocycles. The van der Waals surface area contributed by atoms with E-state index in [0.717, 1.165) is 17.1 Å². The van der Waals surface area contributed by atoms with Crippen molar-refractivity contribution < 1.29 is 4.74 Å². The molecule has 0 aliphatic carbocycles.